The van der Waals surface area contributed by atoms with Crippen LogP contribution in [0.25, 0.3) is 0 Å². The van der Waals surface area contributed by atoms with Crippen LogP contribution >= 0.6 is 0 Å². The van der Waals surface area contributed by atoms with E-state index in [0.717, 1.165) is 5.57 Å². The second kappa shape index (κ2) is 7.78. The minimum absolute atomic E-state index is 0.142. The van der Waals surface area contributed by atoms with Gasteiger partial charge >= 0.3 is 6.85 Å². The Morgan fingerprint density at radius 2 is 1.48 bits per heavy atom. The highest BCUT2D eigenvalue weighted by Crippen LogP contribution is 2.22. The van der Waals surface area contributed by atoms with E-state index in [4.69, 9.17) is 0 Å². The fraction of sp³-hybridized carbons (Fsp3) is 0.304. The zero-order valence-corrected chi connectivity index (χ0v) is 16.8. The van der Waals surface area contributed by atoms with Gasteiger partial charge in [0.25, 0.3) is 0 Å². The van der Waals surface area contributed by atoms with E-state index in [2.05, 4.69) is 102 Å². The van der Waals surface area contributed by atoms with Crippen molar-refractivity contribution in [2.45, 2.75) is 48.5 Å². The highest BCUT2D eigenvalue weighted by molar-refractivity contribution is 6.80. The van der Waals surface area contributed by atoms with Crippen LogP contribution in [0.15, 0.2) is 71.5 Å². The molecular weight excluding hydrogens is 301 g/mol. The maximum absolute atomic E-state index is 4.32. The summed E-state index contributed by atoms with van der Waals surface area (Å²) in [6.45, 7) is 19.7. The molecule has 0 N–H and O–H groups in total. The molecule has 0 aliphatic carbocycles. The van der Waals surface area contributed by atoms with E-state index in [9.17, 15) is 0 Å². The molecule has 1 heterocycles. The van der Waals surface area contributed by atoms with E-state index in [0.29, 0.717) is 0 Å². The summed E-state index contributed by atoms with van der Waals surface area (Å²) < 4.78 is 2.30. The Morgan fingerprint density at radius 3 is 1.92 bits per heavy atom. The standard InChI is InChI=1S/C23H30BN/c1-16(2)13-19(6)22(17(3)4)24(25-11-9-10-12-25)23-20(7)14-18(5)15-21(23)8/h9-15H,3H2,1-2,4-8H3/b22-19+. The molecule has 2 aromatic rings. The molecule has 0 fully saturated rings. The zero-order chi connectivity index (χ0) is 18.7. The van der Waals surface area contributed by atoms with Crippen LogP contribution in [0, 0.1) is 20.8 Å². The van der Waals surface area contributed by atoms with E-state index in [1.165, 1.54) is 38.8 Å². The van der Waals surface area contributed by atoms with Gasteiger partial charge in [-0.25, -0.2) is 0 Å². The average molecular weight is 331 g/mol. The minimum Gasteiger partial charge on any atom is -0.389 e. The summed E-state index contributed by atoms with van der Waals surface area (Å²) in [4.78, 5) is 0. The van der Waals surface area contributed by atoms with Crippen LogP contribution in [0.2, 0.25) is 0 Å². The Morgan fingerprint density at radius 1 is 0.960 bits per heavy atom. The molecule has 2 heteroatoms. The lowest BCUT2D eigenvalue weighted by Crippen LogP contribution is -2.43. The number of aryl methyl sites for hydroxylation is 3. The first-order valence-electron chi connectivity index (χ1n) is 8.94. The predicted octanol–water partition coefficient (Wildman–Crippen LogP) is 5.56. The van der Waals surface area contributed by atoms with Crippen LogP contribution in [0.1, 0.15) is 44.4 Å². The fourth-order valence-corrected chi connectivity index (χ4v) is 3.88. The number of rotatable bonds is 5. The Hall–Kier alpha value is -2.22. The van der Waals surface area contributed by atoms with E-state index < -0.39 is 0 Å². The quantitative estimate of drug-likeness (QED) is 0.499. The minimum atomic E-state index is 0.142. The van der Waals surface area contributed by atoms with Crippen molar-refractivity contribution in [2.24, 2.45) is 0 Å². The smallest absolute Gasteiger partial charge is 0.328 e. The van der Waals surface area contributed by atoms with Gasteiger partial charge in [0.15, 0.2) is 0 Å². The molecule has 0 atom stereocenters. The molecule has 0 aliphatic rings. The molecule has 0 bridgehead atoms. The van der Waals surface area contributed by atoms with Gasteiger partial charge in [-0.3, -0.25) is 0 Å². The van der Waals surface area contributed by atoms with E-state index in [1.54, 1.807) is 0 Å². The topological polar surface area (TPSA) is 4.93 Å². The Labute approximate surface area is 153 Å². The second-order valence-electron chi connectivity index (χ2n) is 7.44. The van der Waals surface area contributed by atoms with Crippen molar-refractivity contribution in [3.05, 3.63) is 88.2 Å². The molecule has 0 amide bonds. The van der Waals surface area contributed by atoms with Crippen molar-refractivity contribution in [3.63, 3.8) is 0 Å². The normalized spacial score (nSPS) is 11.8. The van der Waals surface area contributed by atoms with Gasteiger partial charge in [0.1, 0.15) is 0 Å². The van der Waals surface area contributed by atoms with Crippen LogP contribution in [0.3, 0.4) is 0 Å². The Kier molecular flexibility index (Phi) is 5.95. The van der Waals surface area contributed by atoms with Gasteiger partial charge in [-0.05, 0) is 83.9 Å². The van der Waals surface area contributed by atoms with Gasteiger partial charge in [-0.1, -0.05) is 58.2 Å². The van der Waals surface area contributed by atoms with Crippen molar-refractivity contribution in [1.29, 1.82) is 0 Å². The van der Waals surface area contributed by atoms with Gasteiger partial charge < -0.3 is 4.48 Å². The molecule has 0 unspecified atom stereocenters. The molecule has 25 heavy (non-hydrogen) atoms. The first kappa shape index (κ1) is 19.1. The number of nitrogens with zero attached hydrogens (tertiary/aromatic N) is 1. The summed E-state index contributed by atoms with van der Waals surface area (Å²) >= 11 is 0. The number of allylic oxidation sites excluding steroid dienone is 5. The third-order valence-electron chi connectivity index (χ3n) is 4.60. The van der Waals surface area contributed by atoms with Crippen molar-refractivity contribution in [3.8, 4) is 0 Å². The van der Waals surface area contributed by atoms with Crippen molar-refractivity contribution in [2.75, 3.05) is 0 Å². The van der Waals surface area contributed by atoms with Crippen LogP contribution < -0.4 is 5.46 Å². The summed E-state index contributed by atoms with van der Waals surface area (Å²) in [6, 6.07) is 8.76. The monoisotopic (exact) mass is 331 g/mol. The second-order valence-corrected chi connectivity index (χ2v) is 7.44. The summed E-state index contributed by atoms with van der Waals surface area (Å²) in [5.74, 6) is 0. The molecule has 0 aliphatic heterocycles. The zero-order valence-electron chi connectivity index (χ0n) is 16.8. The summed E-state index contributed by atoms with van der Waals surface area (Å²) in [5, 5.41) is 0. The Balaban J connectivity index is 2.83. The van der Waals surface area contributed by atoms with Crippen LogP contribution in [-0.2, 0) is 0 Å². The highest BCUT2D eigenvalue weighted by Gasteiger charge is 2.29. The molecular formula is C23H30BN. The summed E-state index contributed by atoms with van der Waals surface area (Å²) in [5.41, 5.74) is 10.4. The highest BCUT2D eigenvalue weighted by atomic mass is 14.9. The molecule has 1 nitrogen and oxygen atoms in total. The molecule has 0 saturated heterocycles. The summed E-state index contributed by atoms with van der Waals surface area (Å²) in [7, 11) is 0. The van der Waals surface area contributed by atoms with Crippen LogP contribution in [0.5, 0.6) is 0 Å². The fourth-order valence-electron chi connectivity index (χ4n) is 3.88. The number of aromatic nitrogens is 1. The molecule has 0 spiro atoms. The molecule has 1 aromatic heterocycles. The van der Waals surface area contributed by atoms with Crippen molar-refractivity contribution >= 4 is 12.3 Å². The first-order valence-corrected chi connectivity index (χ1v) is 8.94. The lowest BCUT2D eigenvalue weighted by atomic mass is 9.45. The molecule has 2 rings (SSSR count). The van der Waals surface area contributed by atoms with E-state index in [1.807, 2.05) is 0 Å². The van der Waals surface area contributed by atoms with Crippen LogP contribution in [0.4, 0.5) is 0 Å². The average Bonchev–Trinajstić information content (AvgIpc) is 2.97. The number of hydrogen-bond acceptors (Lipinski definition) is 0. The van der Waals surface area contributed by atoms with Gasteiger partial charge in [-0.15, -0.1) is 0 Å². The molecule has 130 valence electrons. The van der Waals surface area contributed by atoms with Gasteiger partial charge in [0.05, 0.1) is 0 Å². The van der Waals surface area contributed by atoms with Gasteiger partial charge in [-0.2, -0.15) is 0 Å². The SMILES string of the molecule is C=C(C)/C(B(c1c(C)cc(C)cc1C)n1cccc1)=C(/C)C=C(C)C. The third-order valence-corrected chi connectivity index (χ3v) is 4.60. The van der Waals surface area contributed by atoms with Crippen molar-refractivity contribution < 1.29 is 0 Å². The van der Waals surface area contributed by atoms with Crippen molar-refractivity contribution in [1.82, 2.24) is 4.48 Å². The Bertz CT molecular complexity index is 808. The predicted molar refractivity (Wildman–Crippen MR) is 113 cm³/mol. The first-order chi connectivity index (χ1) is 11.7. The largest absolute Gasteiger partial charge is 0.389 e. The van der Waals surface area contributed by atoms with Gasteiger partial charge in [0.2, 0.25) is 0 Å². The van der Waals surface area contributed by atoms with Crippen LogP contribution in [-0.4, -0.2) is 11.3 Å². The molecule has 0 radical (unpaired) electrons. The summed E-state index contributed by atoms with van der Waals surface area (Å²) in [6.07, 6.45) is 6.57. The molecule has 1 aromatic carbocycles. The third kappa shape index (κ3) is 4.25. The van der Waals surface area contributed by atoms with Gasteiger partial charge in [0, 0.05) is 0 Å². The maximum atomic E-state index is 4.32. The van der Waals surface area contributed by atoms with E-state index in [-0.39, 0.29) is 6.85 Å². The number of benzene rings is 1. The molecule has 0 saturated carbocycles. The number of hydrogen-bond donors (Lipinski definition) is 0. The lowest BCUT2D eigenvalue weighted by molar-refractivity contribution is 1.18. The maximum Gasteiger partial charge on any atom is 0.328 e. The van der Waals surface area contributed by atoms with E-state index >= 15 is 0 Å². The lowest BCUT2D eigenvalue weighted by Gasteiger charge is -2.25.